The Morgan fingerprint density at radius 2 is 2.00 bits per heavy atom. The van der Waals surface area contributed by atoms with Gasteiger partial charge in [0.2, 0.25) is 0 Å². The predicted octanol–water partition coefficient (Wildman–Crippen LogP) is 2.19. The van der Waals surface area contributed by atoms with Crippen LogP contribution in [0.5, 0.6) is 0 Å². The van der Waals surface area contributed by atoms with Gasteiger partial charge >= 0.3 is 5.97 Å². The van der Waals surface area contributed by atoms with Gasteiger partial charge in [0, 0.05) is 23.1 Å². The highest BCUT2D eigenvalue weighted by Crippen LogP contribution is 2.16. The largest absolute Gasteiger partial charge is 0.478 e. The van der Waals surface area contributed by atoms with Gasteiger partial charge in [-0.2, -0.15) is 0 Å². The van der Waals surface area contributed by atoms with Crippen LogP contribution in [0.2, 0.25) is 0 Å². The topological polar surface area (TPSA) is 92.2 Å². The van der Waals surface area contributed by atoms with Gasteiger partial charge in [0.25, 0.3) is 5.91 Å². The van der Waals surface area contributed by atoms with Crippen molar-refractivity contribution < 1.29 is 14.7 Å². The Labute approximate surface area is 116 Å². The van der Waals surface area contributed by atoms with Crippen LogP contribution in [0.15, 0.2) is 41.4 Å². The summed E-state index contributed by atoms with van der Waals surface area (Å²) < 4.78 is 0.657. The second-order valence-corrected chi connectivity index (χ2v) is 4.49. The molecule has 0 saturated carbocycles. The molecule has 2 heterocycles. The zero-order chi connectivity index (χ0) is 13.8. The van der Waals surface area contributed by atoms with Gasteiger partial charge in [-0.25, -0.2) is 4.79 Å². The number of pyridine rings is 2. The van der Waals surface area contributed by atoms with Crippen molar-refractivity contribution >= 4 is 33.5 Å². The lowest BCUT2D eigenvalue weighted by atomic mass is 10.2. The Morgan fingerprint density at radius 3 is 2.68 bits per heavy atom. The number of rotatable bonds is 3. The zero-order valence-corrected chi connectivity index (χ0v) is 11.1. The van der Waals surface area contributed by atoms with E-state index in [1.807, 2.05) is 0 Å². The summed E-state index contributed by atoms with van der Waals surface area (Å²) in [5.74, 6) is -1.59. The van der Waals surface area contributed by atoms with Crippen LogP contribution in [-0.2, 0) is 0 Å². The molecule has 0 aliphatic heterocycles. The SMILES string of the molecule is O=C(Nc1cnccc1C(=O)O)c1cncc(Br)c1. The molecule has 0 spiro atoms. The third kappa shape index (κ3) is 3.14. The van der Waals surface area contributed by atoms with E-state index in [4.69, 9.17) is 5.11 Å². The molecule has 0 aliphatic carbocycles. The van der Waals surface area contributed by atoms with E-state index >= 15 is 0 Å². The van der Waals surface area contributed by atoms with Gasteiger partial charge in [0.1, 0.15) is 0 Å². The lowest BCUT2D eigenvalue weighted by molar-refractivity contribution is 0.0698. The van der Waals surface area contributed by atoms with Crippen LogP contribution < -0.4 is 5.32 Å². The van der Waals surface area contributed by atoms with Gasteiger partial charge in [-0.3, -0.25) is 14.8 Å². The monoisotopic (exact) mass is 321 g/mol. The number of carboxylic acid groups (broad SMARTS) is 1. The molecule has 0 unspecified atom stereocenters. The van der Waals surface area contributed by atoms with Gasteiger partial charge in [-0.1, -0.05) is 0 Å². The molecular formula is C12H8BrN3O3. The Kier molecular flexibility index (Phi) is 3.86. The number of carbonyl (C=O) groups is 2. The first-order valence-electron chi connectivity index (χ1n) is 5.17. The highest BCUT2D eigenvalue weighted by atomic mass is 79.9. The van der Waals surface area contributed by atoms with E-state index in [9.17, 15) is 9.59 Å². The summed E-state index contributed by atoms with van der Waals surface area (Å²) in [5, 5.41) is 11.5. The number of aromatic carboxylic acids is 1. The molecule has 7 heteroatoms. The predicted molar refractivity (Wildman–Crippen MR) is 71.1 cm³/mol. The minimum Gasteiger partial charge on any atom is -0.478 e. The number of hydrogen-bond acceptors (Lipinski definition) is 4. The normalized spacial score (nSPS) is 9.95. The van der Waals surface area contributed by atoms with E-state index < -0.39 is 11.9 Å². The number of halogens is 1. The van der Waals surface area contributed by atoms with E-state index in [0.717, 1.165) is 0 Å². The second kappa shape index (κ2) is 5.57. The molecule has 96 valence electrons. The molecule has 0 aromatic carbocycles. The van der Waals surface area contributed by atoms with E-state index in [1.165, 1.54) is 24.7 Å². The maximum absolute atomic E-state index is 11.9. The van der Waals surface area contributed by atoms with E-state index in [0.29, 0.717) is 10.0 Å². The fraction of sp³-hybridized carbons (Fsp3) is 0. The van der Waals surface area contributed by atoms with Crippen LogP contribution >= 0.6 is 15.9 Å². The lowest BCUT2D eigenvalue weighted by Crippen LogP contribution is -2.15. The summed E-state index contributed by atoms with van der Waals surface area (Å²) in [6.07, 6.45) is 5.56. The van der Waals surface area contributed by atoms with Crippen molar-refractivity contribution in [3.63, 3.8) is 0 Å². The van der Waals surface area contributed by atoms with Crippen molar-refractivity contribution in [3.8, 4) is 0 Å². The Balaban J connectivity index is 2.27. The molecule has 2 aromatic rings. The third-order valence-corrected chi connectivity index (χ3v) is 2.70. The summed E-state index contributed by atoms with van der Waals surface area (Å²) >= 11 is 3.20. The van der Waals surface area contributed by atoms with Crippen LogP contribution in [0, 0.1) is 0 Å². The Bertz CT molecular complexity index is 646. The van der Waals surface area contributed by atoms with Gasteiger partial charge in [0.05, 0.1) is 23.0 Å². The van der Waals surface area contributed by atoms with Gasteiger partial charge in [-0.05, 0) is 28.1 Å². The van der Waals surface area contributed by atoms with Gasteiger partial charge in [0.15, 0.2) is 0 Å². The molecule has 0 saturated heterocycles. The maximum Gasteiger partial charge on any atom is 0.337 e. The first kappa shape index (κ1) is 13.2. The van der Waals surface area contributed by atoms with Crippen molar-refractivity contribution in [1.29, 1.82) is 0 Å². The van der Waals surface area contributed by atoms with Crippen LogP contribution in [0.4, 0.5) is 5.69 Å². The van der Waals surface area contributed by atoms with Gasteiger partial charge in [-0.15, -0.1) is 0 Å². The second-order valence-electron chi connectivity index (χ2n) is 3.57. The lowest BCUT2D eigenvalue weighted by Gasteiger charge is -2.07. The van der Waals surface area contributed by atoms with E-state index in [1.54, 1.807) is 12.3 Å². The van der Waals surface area contributed by atoms with Crippen LogP contribution in [0.3, 0.4) is 0 Å². The maximum atomic E-state index is 11.9. The molecule has 0 fully saturated rings. The fourth-order valence-corrected chi connectivity index (χ4v) is 1.78. The zero-order valence-electron chi connectivity index (χ0n) is 9.50. The third-order valence-electron chi connectivity index (χ3n) is 2.27. The average Bonchev–Trinajstić information content (AvgIpc) is 2.39. The summed E-state index contributed by atoms with van der Waals surface area (Å²) in [6.45, 7) is 0. The first-order valence-corrected chi connectivity index (χ1v) is 5.96. The smallest absolute Gasteiger partial charge is 0.337 e. The molecule has 19 heavy (non-hydrogen) atoms. The molecule has 0 radical (unpaired) electrons. The molecule has 6 nitrogen and oxygen atoms in total. The number of nitrogens with zero attached hydrogens (tertiary/aromatic N) is 2. The first-order chi connectivity index (χ1) is 9.08. The van der Waals surface area contributed by atoms with E-state index in [-0.39, 0.29) is 11.3 Å². The molecule has 2 aromatic heterocycles. The molecule has 0 atom stereocenters. The number of amides is 1. The number of anilines is 1. The summed E-state index contributed by atoms with van der Waals surface area (Å²) in [6, 6.07) is 2.90. The summed E-state index contributed by atoms with van der Waals surface area (Å²) in [7, 11) is 0. The summed E-state index contributed by atoms with van der Waals surface area (Å²) in [4.78, 5) is 30.6. The number of aromatic nitrogens is 2. The molecular weight excluding hydrogens is 314 g/mol. The number of carbonyl (C=O) groups excluding carboxylic acids is 1. The quantitative estimate of drug-likeness (QED) is 0.904. The van der Waals surface area contributed by atoms with Crippen LogP contribution in [-0.4, -0.2) is 27.0 Å². The van der Waals surface area contributed by atoms with Crippen molar-refractivity contribution in [1.82, 2.24) is 9.97 Å². The molecule has 0 bridgehead atoms. The number of carboxylic acids is 1. The average molecular weight is 322 g/mol. The summed E-state index contributed by atoms with van der Waals surface area (Å²) in [5.41, 5.74) is 0.431. The standard InChI is InChI=1S/C12H8BrN3O3/c13-8-3-7(4-15-5-8)11(17)16-10-6-14-2-1-9(10)12(18)19/h1-6H,(H,16,17)(H,18,19). The Morgan fingerprint density at radius 1 is 1.21 bits per heavy atom. The minimum absolute atomic E-state index is 0.0219. The van der Waals surface area contributed by atoms with Crippen molar-refractivity contribution in [2.45, 2.75) is 0 Å². The van der Waals surface area contributed by atoms with E-state index in [2.05, 4.69) is 31.2 Å². The highest BCUT2D eigenvalue weighted by Gasteiger charge is 2.13. The molecule has 1 amide bonds. The fourth-order valence-electron chi connectivity index (χ4n) is 1.41. The van der Waals surface area contributed by atoms with Gasteiger partial charge < -0.3 is 10.4 Å². The van der Waals surface area contributed by atoms with Crippen molar-refractivity contribution in [2.24, 2.45) is 0 Å². The molecule has 2 N–H and O–H groups in total. The van der Waals surface area contributed by atoms with Crippen LogP contribution in [0.1, 0.15) is 20.7 Å². The Hall–Kier alpha value is -2.28. The highest BCUT2D eigenvalue weighted by molar-refractivity contribution is 9.10. The number of hydrogen-bond donors (Lipinski definition) is 2. The van der Waals surface area contributed by atoms with Crippen molar-refractivity contribution in [3.05, 3.63) is 52.5 Å². The molecule has 0 aliphatic rings. The minimum atomic E-state index is -1.13. The van der Waals surface area contributed by atoms with Crippen molar-refractivity contribution in [2.75, 3.05) is 5.32 Å². The number of nitrogens with one attached hydrogen (secondary N) is 1. The van der Waals surface area contributed by atoms with Crippen LogP contribution in [0.25, 0.3) is 0 Å². The molecule has 2 rings (SSSR count).